The Balaban J connectivity index is 0.000000211. The van der Waals surface area contributed by atoms with Gasteiger partial charge in [-0.05, 0) is 19.3 Å². The second-order valence-electron chi connectivity index (χ2n) is 2.66. The normalized spacial score (nSPS) is 14.8. The molecule has 1 aliphatic heterocycles. The van der Waals surface area contributed by atoms with E-state index in [0.717, 1.165) is 19.6 Å². The lowest BCUT2D eigenvalue weighted by Crippen LogP contribution is -1.98. The molecule has 0 aromatic heterocycles. The van der Waals surface area contributed by atoms with Crippen molar-refractivity contribution < 1.29 is 14.3 Å². The van der Waals surface area contributed by atoms with Crippen LogP contribution in [0.3, 0.4) is 0 Å². The maximum Gasteiger partial charge on any atom is 0.302 e. The molecule has 1 rings (SSSR count). The Hall–Kier alpha value is -0.570. The van der Waals surface area contributed by atoms with Crippen molar-refractivity contribution in [2.45, 2.75) is 33.1 Å². The van der Waals surface area contributed by atoms with Gasteiger partial charge in [0.15, 0.2) is 0 Å². The van der Waals surface area contributed by atoms with Crippen molar-refractivity contribution in [3.05, 3.63) is 0 Å². The molecule has 1 fully saturated rings. The summed E-state index contributed by atoms with van der Waals surface area (Å²) in [7, 11) is 0. The Bertz CT molecular complexity index is 101. The summed E-state index contributed by atoms with van der Waals surface area (Å²) in [6.45, 7) is 5.92. The molecule has 0 N–H and O–H groups in total. The smallest absolute Gasteiger partial charge is 0.302 e. The largest absolute Gasteiger partial charge is 0.466 e. The summed E-state index contributed by atoms with van der Waals surface area (Å²) in [5, 5.41) is 0. The number of esters is 1. The van der Waals surface area contributed by atoms with Gasteiger partial charge in [0, 0.05) is 20.1 Å². The third-order valence-electron chi connectivity index (χ3n) is 1.34. The number of rotatable bonds is 2. The van der Waals surface area contributed by atoms with Gasteiger partial charge in [0.1, 0.15) is 0 Å². The molecule has 0 aromatic carbocycles. The number of hydrogen-bond acceptors (Lipinski definition) is 3. The van der Waals surface area contributed by atoms with E-state index in [2.05, 4.69) is 4.74 Å². The minimum Gasteiger partial charge on any atom is -0.466 e. The molecule has 0 radical (unpaired) electrons. The Morgan fingerprint density at radius 2 is 2.00 bits per heavy atom. The van der Waals surface area contributed by atoms with Gasteiger partial charge in [0.05, 0.1) is 6.61 Å². The van der Waals surface area contributed by atoms with E-state index < -0.39 is 0 Å². The second kappa shape index (κ2) is 8.53. The molecule has 1 saturated heterocycles. The van der Waals surface area contributed by atoms with Gasteiger partial charge in [-0.2, -0.15) is 0 Å². The molecule has 1 heterocycles. The van der Waals surface area contributed by atoms with Crippen LogP contribution in [0.5, 0.6) is 0 Å². The van der Waals surface area contributed by atoms with Crippen molar-refractivity contribution >= 4 is 5.97 Å². The summed E-state index contributed by atoms with van der Waals surface area (Å²) in [6, 6.07) is 0. The van der Waals surface area contributed by atoms with Crippen LogP contribution in [0.2, 0.25) is 0 Å². The molecule has 12 heavy (non-hydrogen) atoms. The molecule has 1 aliphatic rings. The van der Waals surface area contributed by atoms with Crippen LogP contribution in [0.4, 0.5) is 0 Å². The molecule has 0 spiro atoms. The van der Waals surface area contributed by atoms with Crippen molar-refractivity contribution in [2.75, 3.05) is 19.8 Å². The molecular formula is C9H18O3. The molecule has 0 amide bonds. The Morgan fingerprint density at radius 3 is 2.17 bits per heavy atom. The molecule has 0 unspecified atom stereocenters. The van der Waals surface area contributed by atoms with E-state index in [0.29, 0.717) is 6.61 Å². The standard InChI is InChI=1S/C5H10O2.C4H8O/c1-3-4-7-5(2)6;1-2-4-5-3-1/h3-4H2,1-2H3;1-4H2. The summed E-state index contributed by atoms with van der Waals surface area (Å²) in [4.78, 5) is 9.98. The van der Waals surface area contributed by atoms with E-state index in [1.807, 2.05) is 6.92 Å². The Labute approximate surface area is 74.0 Å². The van der Waals surface area contributed by atoms with Crippen molar-refractivity contribution in [2.24, 2.45) is 0 Å². The van der Waals surface area contributed by atoms with Crippen molar-refractivity contribution in [1.29, 1.82) is 0 Å². The average molecular weight is 174 g/mol. The summed E-state index contributed by atoms with van der Waals surface area (Å²) in [6.07, 6.45) is 3.46. The lowest BCUT2D eigenvalue weighted by atomic mass is 10.4. The first-order chi connectivity index (χ1) is 5.77. The fraction of sp³-hybridized carbons (Fsp3) is 0.889. The van der Waals surface area contributed by atoms with E-state index in [-0.39, 0.29) is 5.97 Å². The first-order valence-electron chi connectivity index (χ1n) is 4.48. The molecule has 0 saturated carbocycles. The van der Waals surface area contributed by atoms with Crippen molar-refractivity contribution in [3.63, 3.8) is 0 Å². The SMILES string of the molecule is C1CCOC1.CCCOC(C)=O. The maximum atomic E-state index is 9.98. The monoisotopic (exact) mass is 174 g/mol. The van der Waals surface area contributed by atoms with Crippen LogP contribution in [-0.2, 0) is 14.3 Å². The summed E-state index contributed by atoms with van der Waals surface area (Å²) >= 11 is 0. The zero-order valence-electron chi connectivity index (χ0n) is 7.97. The Morgan fingerprint density at radius 1 is 1.42 bits per heavy atom. The van der Waals surface area contributed by atoms with Gasteiger partial charge in [0.25, 0.3) is 0 Å². The van der Waals surface area contributed by atoms with Gasteiger partial charge in [0.2, 0.25) is 0 Å². The predicted octanol–water partition coefficient (Wildman–Crippen LogP) is 1.76. The second-order valence-corrected chi connectivity index (χ2v) is 2.66. The minimum atomic E-state index is -0.193. The summed E-state index contributed by atoms with van der Waals surface area (Å²) in [5.41, 5.74) is 0. The van der Waals surface area contributed by atoms with E-state index in [4.69, 9.17) is 4.74 Å². The van der Waals surface area contributed by atoms with Crippen LogP contribution in [0.25, 0.3) is 0 Å². The van der Waals surface area contributed by atoms with E-state index >= 15 is 0 Å². The average Bonchev–Trinajstić information content (AvgIpc) is 2.57. The molecule has 0 atom stereocenters. The van der Waals surface area contributed by atoms with Gasteiger partial charge in [-0.1, -0.05) is 6.92 Å². The first-order valence-corrected chi connectivity index (χ1v) is 4.48. The predicted molar refractivity (Wildman–Crippen MR) is 47.0 cm³/mol. The highest BCUT2D eigenvalue weighted by Gasteiger charge is 1.94. The third-order valence-corrected chi connectivity index (χ3v) is 1.34. The maximum absolute atomic E-state index is 9.98. The van der Waals surface area contributed by atoms with Crippen molar-refractivity contribution in [1.82, 2.24) is 0 Å². The quantitative estimate of drug-likeness (QED) is 0.598. The third kappa shape index (κ3) is 9.43. The number of hydrogen-bond donors (Lipinski definition) is 0. The van der Waals surface area contributed by atoms with Crippen LogP contribution < -0.4 is 0 Å². The lowest BCUT2D eigenvalue weighted by molar-refractivity contribution is -0.140. The van der Waals surface area contributed by atoms with Gasteiger partial charge in [-0.25, -0.2) is 0 Å². The Kier molecular flexibility index (Phi) is 8.12. The molecule has 0 aromatic rings. The molecule has 3 nitrogen and oxygen atoms in total. The van der Waals surface area contributed by atoms with Gasteiger partial charge in [-0.15, -0.1) is 0 Å². The lowest BCUT2D eigenvalue weighted by Gasteiger charge is -1.93. The zero-order valence-corrected chi connectivity index (χ0v) is 7.97. The number of ether oxygens (including phenoxy) is 2. The topological polar surface area (TPSA) is 35.5 Å². The van der Waals surface area contributed by atoms with E-state index in [9.17, 15) is 4.79 Å². The fourth-order valence-corrected chi connectivity index (χ4v) is 0.756. The molecule has 72 valence electrons. The van der Waals surface area contributed by atoms with Gasteiger partial charge < -0.3 is 9.47 Å². The fourth-order valence-electron chi connectivity index (χ4n) is 0.756. The van der Waals surface area contributed by atoms with Crippen LogP contribution >= 0.6 is 0 Å². The van der Waals surface area contributed by atoms with Gasteiger partial charge >= 0.3 is 5.97 Å². The molecular weight excluding hydrogens is 156 g/mol. The van der Waals surface area contributed by atoms with Crippen LogP contribution in [-0.4, -0.2) is 25.8 Å². The van der Waals surface area contributed by atoms with Crippen LogP contribution in [0.15, 0.2) is 0 Å². The highest BCUT2D eigenvalue weighted by atomic mass is 16.5. The van der Waals surface area contributed by atoms with Crippen LogP contribution in [0.1, 0.15) is 33.1 Å². The molecule has 0 bridgehead atoms. The highest BCUT2D eigenvalue weighted by molar-refractivity contribution is 5.65. The van der Waals surface area contributed by atoms with Crippen LogP contribution in [0, 0.1) is 0 Å². The summed E-state index contributed by atoms with van der Waals surface area (Å²) in [5.74, 6) is -0.193. The van der Waals surface area contributed by atoms with E-state index in [1.54, 1.807) is 0 Å². The van der Waals surface area contributed by atoms with Crippen molar-refractivity contribution in [3.8, 4) is 0 Å². The summed E-state index contributed by atoms with van der Waals surface area (Å²) < 4.78 is 9.50. The number of carbonyl (C=O) groups is 1. The number of carbonyl (C=O) groups excluding carboxylic acids is 1. The minimum absolute atomic E-state index is 0.193. The first kappa shape index (κ1) is 11.4. The molecule has 3 heteroatoms. The van der Waals surface area contributed by atoms with Gasteiger partial charge in [-0.3, -0.25) is 4.79 Å². The molecule has 0 aliphatic carbocycles. The van der Waals surface area contributed by atoms with E-state index in [1.165, 1.54) is 19.8 Å². The zero-order chi connectivity index (χ0) is 9.23. The highest BCUT2D eigenvalue weighted by Crippen LogP contribution is 1.98.